The van der Waals surface area contributed by atoms with E-state index in [1.807, 2.05) is 6.07 Å². The fraction of sp³-hybridized carbons (Fsp3) is 0.143. The molecular weight excluding hydrogens is 246 g/mol. The fourth-order valence-corrected chi connectivity index (χ4v) is 2.24. The Morgan fingerprint density at radius 1 is 1.11 bits per heavy atom. The molecule has 2 aromatic rings. The molecule has 0 bridgehead atoms. The van der Waals surface area contributed by atoms with Gasteiger partial charge in [0.05, 0.1) is 6.61 Å². The molecule has 0 fully saturated rings. The van der Waals surface area contributed by atoms with Crippen LogP contribution in [0.5, 0.6) is 0 Å². The molecule has 1 unspecified atom stereocenters. The summed E-state index contributed by atoms with van der Waals surface area (Å²) in [6.45, 7) is 0.378. The second kappa shape index (κ2) is 4.77. The first kappa shape index (κ1) is 12.4. The number of aliphatic hydroxyl groups is 1. The highest BCUT2D eigenvalue weighted by Crippen LogP contribution is 2.23. The molecule has 0 saturated carbocycles. The smallest absolute Gasteiger partial charge is 0.423 e. The Balaban J connectivity index is 1.94. The van der Waals surface area contributed by atoms with E-state index in [1.54, 1.807) is 24.3 Å². The highest BCUT2D eigenvalue weighted by molar-refractivity contribution is 6.61. The molecule has 0 aromatic heterocycles. The van der Waals surface area contributed by atoms with Crippen LogP contribution >= 0.6 is 0 Å². The normalized spacial score (nSPS) is 15.4. The van der Waals surface area contributed by atoms with Gasteiger partial charge in [0, 0.05) is 0 Å². The van der Waals surface area contributed by atoms with Gasteiger partial charge in [0.1, 0.15) is 11.9 Å². The second-order valence-corrected chi connectivity index (χ2v) is 4.58. The van der Waals surface area contributed by atoms with Crippen molar-refractivity contribution >= 4 is 12.6 Å². The van der Waals surface area contributed by atoms with E-state index >= 15 is 0 Å². The van der Waals surface area contributed by atoms with Crippen molar-refractivity contribution < 1.29 is 19.2 Å². The van der Waals surface area contributed by atoms with Crippen molar-refractivity contribution in [2.75, 3.05) is 0 Å². The molecule has 3 rings (SSSR count). The maximum Gasteiger partial charge on any atom is 0.491 e. The monoisotopic (exact) mass is 258 g/mol. The molecule has 1 aliphatic rings. The lowest BCUT2D eigenvalue weighted by Crippen LogP contribution is -2.28. The average Bonchev–Trinajstić information content (AvgIpc) is 2.80. The third kappa shape index (κ3) is 2.28. The minimum absolute atomic E-state index is 0.339. The number of hydrogen-bond acceptors (Lipinski definition) is 3. The van der Waals surface area contributed by atoms with Crippen LogP contribution in [0.3, 0.4) is 0 Å². The maximum absolute atomic E-state index is 12.9. The average molecular weight is 258 g/mol. The zero-order valence-corrected chi connectivity index (χ0v) is 10.1. The van der Waals surface area contributed by atoms with E-state index in [2.05, 4.69) is 0 Å². The first-order valence-corrected chi connectivity index (χ1v) is 6.01. The lowest BCUT2D eigenvalue weighted by atomic mass is 9.78. The van der Waals surface area contributed by atoms with Gasteiger partial charge in [0.2, 0.25) is 0 Å². The molecular formula is C14H12BFO3. The van der Waals surface area contributed by atoms with Crippen LogP contribution in [0.4, 0.5) is 4.39 Å². The maximum atomic E-state index is 12.9. The molecule has 0 radical (unpaired) electrons. The van der Waals surface area contributed by atoms with Crippen molar-refractivity contribution in [3.05, 3.63) is 65.0 Å². The van der Waals surface area contributed by atoms with E-state index in [4.69, 9.17) is 4.65 Å². The topological polar surface area (TPSA) is 49.7 Å². The van der Waals surface area contributed by atoms with Crippen molar-refractivity contribution in [3.8, 4) is 0 Å². The minimum Gasteiger partial charge on any atom is -0.423 e. The SMILES string of the molecule is OB1OCc2ccc(C(O)c3ccc(F)cc3)cc21. The summed E-state index contributed by atoms with van der Waals surface area (Å²) >= 11 is 0. The van der Waals surface area contributed by atoms with Crippen LogP contribution in [0.2, 0.25) is 0 Å². The van der Waals surface area contributed by atoms with Crippen molar-refractivity contribution in [2.45, 2.75) is 12.7 Å². The molecule has 3 nitrogen and oxygen atoms in total. The van der Waals surface area contributed by atoms with Crippen LogP contribution in [-0.2, 0) is 11.3 Å². The van der Waals surface area contributed by atoms with Crippen LogP contribution < -0.4 is 5.46 Å². The summed E-state index contributed by atoms with van der Waals surface area (Å²) in [5.41, 5.74) is 2.85. The standard InChI is InChI=1S/C14H12BFO3/c16-12-5-3-9(4-6-12)14(17)10-1-2-11-8-19-15(18)13(11)7-10/h1-7,14,17-18H,8H2. The van der Waals surface area contributed by atoms with Crippen LogP contribution in [0, 0.1) is 5.82 Å². The second-order valence-electron chi connectivity index (χ2n) is 4.58. The van der Waals surface area contributed by atoms with Crippen LogP contribution in [0.1, 0.15) is 22.8 Å². The van der Waals surface area contributed by atoms with E-state index in [1.165, 1.54) is 12.1 Å². The Hall–Kier alpha value is -1.69. The molecule has 0 spiro atoms. The molecule has 0 aliphatic carbocycles. The Labute approximate surface area is 110 Å². The molecule has 1 aliphatic heterocycles. The van der Waals surface area contributed by atoms with Gasteiger partial charge in [-0.2, -0.15) is 0 Å². The van der Waals surface area contributed by atoms with Crippen molar-refractivity contribution in [1.82, 2.24) is 0 Å². The predicted octanol–water partition coefficient (Wildman–Crippen LogP) is 1.13. The number of rotatable bonds is 2. The third-order valence-electron chi connectivity index (χ3n) is 3.33. The molecule has 2 N–H and O–H groups in total. The van der Waals surface area contributed by atoms with Gasteiger partial charge in [-0.3, -0.25) is 0 Å². The predicted molar refractivity (Wildman–Crippen MR) is 69.3 cm³/mol. The number of halogens is 1. The fourth-order valence-electron chi connectivity index (χ4n) is 2.24. The summed E-state index contributed by atoms with van der Waals surface area (Å²) in [6, 6.07) is 11.0. The lowest BCUT2D eigenvalue weighted by Gasteiger charge is -2.12. The van der Waals surface area contributed by atoms with Gasteiger partial charge in [-0.15, -0.1) is 0 Å². The largest absolute Gasteiger partial charge is 0.491 e. The number of benzene rings is 2. The first-order chi connectivity index (χ1) is 9.15. The quantitative estimate of drug-likeness (QED) is 0.794. The molecule has 1 atom stereocenters. The summed E-state index contributed by atoms with van der Waals surface area (Å²) in [7, 11) is -0.935. The Morgan fingerprint density at radius 3 is 2.53 bits per heavy atom. The number of fused-ring (bicyclic) bond motifs is 1. The molecule has 1 heterocycles. The molecule has 19 heavy (non-hydrogen) atoms. The van der Waals surface area contributed by atoms with Crippen molar-refractivity contribution in [2.24, 2.45) is 0 Å². The highest BCUT2D eigenvalue weighted by atomic mass is 19.1. The zero-order valence-electron chi connectivity index (χ0n) is 10.1. The highest BCUT2D eigenvalue weighted by Gasteiger charge is 2.28. The summed E-state index contributed by atoms with van der Waals surface area (Å²) in [6.07, 6.45) is -0.848. The number of aliphatic hydroxyl groups excluding tert-OH is 1. The molecule has 2 aromatic carbocycles. The van der Waals surface area contributed by atoms with Crippen LogP contribution in [0.25, 0.3) is 0 Å². The van der Waals surface area contributed by atoms with Crippen molar-refractivity contribution in [1.29, 1.82) is 0 Å². The molecule has 0 amide bonds. The lowest BCUT2D eigenvalue weighted by molar-refractivity contribution is 0.220. The van der Waals surface area contributed by atoms with Crippen molar-refractivity contribution in [3.63, 3.8) is 0 Å². The summed E-state index contributed by atoms with van der Waals surface area (Å²) < 4.78 is 18.0. The van der Waals surface area contributed by atoms with E-state index in [-0.39, 0.29) is 5.82 Å². The van der Waals surface area contributed by atoms with Gasteiger partial charge >= 0.3 is 7.12 Å². The van der Waals surface area contributed by atoms with E-state index < -0.39 is 13.2 Å². The number of hydrogen-bond donors (Lipinski definition) is 2. The third-order valence-corrected chi connectivity index (χ3v) is 3.33. The molecule has 5 heteroatoms. The summed E-state index contributed by atoms with van der Waals surface area (Å²) in [5, 5.41) is 19.9. The van der Waals surface area contributed by atoms with E-state index in [0.717, 1.165) is 5.56 Å². The first-order valence-electron chi connectivity index (χ1n) is 6.01. The van der Waals surface area contributed by atoms with Gasteiger partial charge in [-0.05, 0) is 34.3 Å². The van der Waals surface area contributed by atoms with E-state index in [0.29, 0.717) is 23.2 Å². The molecule has 0 saturated heterocycles. The summed E-state index contributed by atoms with van der Waals surface area (Å²) in [4.78, 5) is 0. The minimum atomic E-state index is -0.935. The molecule has 96 valence electrons. The van der Waals surface area contributed by atoms with Crippen LogP contribution in [-0.4, -0.2) is 17.2 Å². The van der Waals surface area contributed by atoms with Crippen LogP contribution in [0.15, 0.2) is 42.5 Å². The Morgan fingerprint density at radius 2 is 1.79 bits per heavy atom. The van der Waals surface area contributed by atoms with Gasteiger partial charge in [0.15, 0.2) is 0 Å². The van der Waals surface area contributed by atoms with Gasteiger partial charge in [-0.25, -0.2) is 4.39 Å². The summed E-state index contributed by atoms with van der Waals surface area (Å²) in [5.74, 6) is -0.339. The Bertz CT molecular complexity index is 600. The van der Waals surface area contributed by atoms with Gasteiger partial charge < -0.3 is 14.8 Å². The zero-order chi connectivity index (χ0) is 13.4. The van der Waals surface area contributed by atoms with E-state index in [9.17, 15) is 14.5 Å². The van der Waals surface area contributed by atoms with Gasteiger partial charge in [-0.1, -0.05) is 30.3 Å². The Kier molecular flexibility index (Phi) is 3.10. The van der Waals surface area contributed by atoms with Gasteiger partial charge in [0.25, 0.3) is 0 Å².